The number of sulfone groups is 1. The van der Waals surface area contributed by atoms with Crippen molar-refractivity contribution in [2.45, 2.75) is 19.4 Å². The topological polar surface area (TPSA) is 84.0 Å². The number of hydrogen-bond donors (Lipinski definition) is 0. The van der Waals surface area contributed by atoms with Gasteiger partial charge >= 0.3 is 0 Å². The second-order valence-corrected chi connectivity index (χ2v) is 7.43. The highest BCUT2D eigenvalue weighted by Gasteiger charge is 2.35. The summed E-state index contributed by atoms with van der Waals surface area (Å²) in [5, 5.41) is 0. The first-order valence-electron chi connectivity index (χ1n) is 6.72. The minimum Gasteiger partial charge on any atom is -0.378 e. The average molecular weight is 304 g/mol. The molecule has 20 heavy (non-hydrogen) atoms. The lowest BCUT2D eigenvalue weighted by atomic mass is 10.2. The SMILES string of the molecule is CC(=O)N(CC(=O)N1CCOCC1)C1CCS(=O)(=O)C1. The molecule has 2 heterocycles. The van der Waals surface area contributed by atoms with Gasteiger partial charge in [-0.2, -0.15) is 0 Å². The smallest absolute Gasteiger partial charge is 0.242 e. The van der Waals surface area contributed by atoms with Crippen LogP contribution in [0.4, 0.5) is 0 Å². The predicted molar refractivity (Wildman–Crippen MR) is 71.8 cm³/mol. The van der Waals surface area contributed by atoms with Crippen LogP contribution in [0.5, 0.6) is 0 Å². The summed E-state index contributed by atoms with van der Waals surface area (Å²) >= 11 is 0. The first kappa shape index (κ1) is 15.2. The average Bonchev–Trinajstić information content (AvgIpc) is 2.76. The molecule has 1 atom stereocenters. The monoisotopic (exact) mass is 304 g/mol. The van der Waals surface area contributed by atoms with Crippen LogP contribution in [0.1, 0.15) is 13.3 Å². The Kier molecular flexibility index (Phi) is 4.64. The van der Waals surface area contributed by atoms with E-state index in [1.165, 1.54) is 11.8 Å². The van der Waals surface area contributed by atoms with Crippen LogP contribution in [-0.2, 0) is 24.2 Å². The van der Waals surface area contributed by atoms with Crippen LogP contribution in [0.15, 0.2) is 0 Å². The van der Waals surface area contributed by atoms with E-state index in [1.807, 2.05) is 0 Å². The number of ether oxygens (including phenoxy) is 1. The fourth-order valence-electron chi connectivity index (χ4n) is 2.58. The van der Waals surface area contributed by atoms with E-state index >= 15 is 0 Å². The van der Waals surface area contributed by atoms with Gasteiger partial charge in [-0.1, -0.05) is 0 Å². The van der Waals surface area contributed by atoms with Crippen LogP contribution in [0.3, 0.4) is 0 Å². The summed E-state index contributed by atoms with van der Waals surface area (Å²) in [4.78, 5) is 26.9. The molecule has 0 aliphatic carbocycles. The van der Waals surface area contributed by atoms with Crippen molar-refractivity contribution < 1.29 is 22.7 Å². The normalized spacial score (nSPS) is 25.4. The molecule has 8 heteroatoms. The molecule has 0 N–H and O–H groups in total. The van der Waals surface area contributed by atoms with Gasteiger partial charge in [-0.3, -0.25) is 9.59 Å². The van der Waals surface area contributed by atoms with Crippen molar-refractivity contribution >= 4 is 21.7 Å². The molecule has 114 valence electrons. The molecule has 2 fully saturated rings. The molecule has 2 saturated heterocycles. The Labute approximate surface area is 118 Å². The van der Waals surface area contributed by atoms with Crippen molar-refractivity contribution in [2.75, 3.05) is 44.4 Å². The second kappa shape index (κ2) is 6.09. The Bertz CT molecular complexity index is 484. The fourth-order valence-corrected chi connectivity index (χ4v) is 4.31. The molecule has 0 spiro atoms. The van der Waals surface area contributed by atoms with E-state index in [-0.39, 0.29) is 35.9 Å². The molecular weight excluding hydrogens is 284 g/mol. The summed E-state index contributed by atoms with van der Waals surface area (Å²) in [6.45, 7) is 3.38. The number of morpholine rings is 1. The van der Waals surface area contributed by atoms with Crippen LogP contribution in [0.2, 0.25) is 0 Å². The van der Waals surface area contributed by atoms with Gasteiger partial charge in [0, 0.05) is 26.1 Å². The lowest BCUT2D eigenvalue weighted by Gasteiger charge is -2.31. The summed E-state index contributed by atoms with van der Waals surface area (Å²) in [5.74, 6) is -0.350. The van der Waals surface area contributed by atoms with Crippen LogP contribution in [0, 0.1) is 0 Å². The molecular formula is C12H20N2O5S. The van der Waals surface area contributed by atoms with Crippen molar-refractivity contribution in [3.05, 3.63) is 0 Å². The first-order valence-corrected chi connectivity index (χ1v) is 8.54. The first-order chi connectivity index (χ1) is 9.39. The van der Waals surface area contributed by atoms with E-state index in [4.69, 9.17) is 4.74 Å². The zero-order valence-corrected chi connectivity index (χ0v) is 12.4. The number of carbonyl (C=O) groups excluding carboxylic acids is 2. The van der Waals surface area contributed by atoms with Gasteiger partial charge in [0.1, 0.15) is 6.54 Å². The van der Waals surface area contributed by atoms with Gasteiger partial charge in [0.05, 0.1) is 24.7 Å². The van der Waals surface area contributed by atoms with Crippen molar-refractivity contribution in [3.8, 4) is 0 Å². The third kappa shape index (κ3) is 3.69. The van der Waals surface area contributed by atoms with Gasteiger partial charge < -0.3 is 14.5 Å². The molecule has 2 rings (SSSR count). The van der Waals surface area contributed by atoms with E-state index in [2.05, 4.69) is 0 Å². The van der Waals surface area contributed by atoms with Crippen molar-refractivity contribution in [2.24, 2.45) is 0 Å². The van der Waals surface area contributed by atoms with E-state index in [9.17, 15) is 18.0 Å². The number of nitrogens with zero attached hydrogens (tertiary/aromatic N) is 2. The number of rotatable bonds is 3. The number of carbonyl (C=O) groups is 2. The Morgan fingerprint density at radius 2 is 1.95 bits per heavy atom. The summed E-state index contributed by atoms with van der Waals surface area (Å²) in [6, 6.07) is -0.373. The highest BCUT2D eigenvalue weighted by molar-refractivity contribution is 7.91. The third-order valence-electron chi connectivity index (χ3n) is 3.72. The van der Waals surface area contributed by atoms with Crippen molar-refractivity contribution in [1.82, 2.24) is 9.80 Å². The molecule has 7 nitrogen and oxygen atoms in total. The molecule has 2 amide bonds. The summed E-state index contributed by atoms with van der Waals surface area (Å²) < 4.78 is 28.2. The lowest BCUT2D eigenvalue weighted by Crippen LogP contribution is -2.49. The molecule has 0 aromatic carbocycles. The Balaban J connectivity index is 1.99. The highest BCUT2D eigenvalue weighted by Crippen LogP contribution is 2.18. The van der Waals surface area contributed by atoms with E-state index in [1.54, 1.807) is 4.90 Å². The maximum Gasteiger partial charge on any atom is 0.242 e. The largest absolute Gasteiger partial charge is 0.378 e. The second-order valence-electron chi connectivity index (χ2n) is 5.20. The summed E-state index contributed by atoms with van der Waals surface area (Å²) in [5.41, 5.74) is 0. The number of amides is 2. The Morgan fingerprint density at radius 1 is 1.30 bits per heavy atom. The molecule has 2 aliphatic heterocycles. The molecule has 0 radical (unpaired) electrons. The molecule has 1 unspecified atom stereocenters. The van der Waals surface area contributed by atoms with E-state index < -0.39 is 9.84 Å². The lowest BCUT2D eigenvalue weighted by molar-refractivity contribution is -0.143. The Morgan fingerprint density at radius 3 is 2.45 bits per heavy atom. The Hall–Kier alpha value is -1.15. The van der Waals surface area contributed by atoms with Crippen LogP contribution >= 0.6 is 0 Å². The van der Waals surface area contributed by atoms with Crippen LogP contribution in [-0.4, -0.2) is 80.4 Å². The van der Waals surface area contributed by atoms with Crippen molar-refractivity contribution in [3.63, 3.8) is 0 Å². The highest BCUT2D eigenvalue weighted by atomic mass is 32.2. The quantitative estimate of drug-likeness (QED) is 0.659. The molecule has 0 aromatic rings. The van der Waals surface area contributed by atoms with E-state index in [0.717, 1.165) is 0 Å². The standard InChI is InChI=1S/C12H20N2O5S/c1-10(15)14(11-2-7-20(17,18)9-11)8-12(16)13-3-5-19-6-4-13/h11H,2-9H2,1H3. The van der Waals surface area contributed by atoms with Gasteiger partial charge in [-0.25, -0.2) is 8.42 Å². The van der Waals surface area contributed by atoms with Gasteiger partial charge in [-0.15, -0.1) is 0 Å². The molecule has 0 saturated carbocycles. The number of hydrogen-bond acceptors (Lipinski definition) is 5. The minimum absolute atomic E-state index is 0.0387. The van der Waals surface area contributed by atoms with Crippen LogP contribution < -0.4 is 0 Å². The third-order valence-corrected chi connectivity index (χ3v) is 5.47. The zero-order chi connectivity index (χ0) is 14.8. The fraction of sp³-hybridized carbons (Fsp3) is 0.833. The molecule has 0 aromatic heterocycles. The zero-order valence-electron chi connectivity index (χ0n) is 11.6. The maximum absolute atomic E-state index is 12.2. The van der Waals surface area contributed by atoms with E-state index in [0.29, 0.717) is 32.7 Å². The van der Waals surface area contributed by atoms with Gasteiger partial charge in [-0.05, 0) is 6.42 Å². The predicted octanol–water partition coefficient (Wildman–Crippen LogP) is -1.12. The summed E-state index contributed by atoms with van der Waals surface area (Å²) in [7, 11) is -3.07. The van der Waals surface area contributed by atoms with Gasteiger partial charge in [0.2, 0.25) is 11.8 Å². The summed E-state index contributed by atoms with van der Waals surface area (Å²) in [6.07, 6.45) is 0.415. The van der Waals surface area contributed by atoms with Crippen LogP contribution in [0.25, 0.3) is 0 Å². The molecule has 0 bridgehead atoms. The van der Waals surface area contributed by atoms with Gasteiger partial charge in [0.15, 0.2) is 9.84 Å². The maximum atomic E-state index is 12.2. The van der Waals surface area contributed by atoms with Crippen molar-refractivity contribution in [1.29, 1.82) is 0 Å². The molecule has 2 aliphatic rings. The minimum atomic E-state index is -3.07. The van der Waals surface area contributed by atoms with Gasteiger partial charge in [0.25, 0.3) is 0 Å².